The number of rotatable bonds is 6. The van der Waals surface area contributed by atoms with Crippen molar-refractivity contribution in [1.82, 2.24) is 15.0 Å². The Labute approximate surface area is 169 Å². The van der Waals surface area contributed by atoms with Crippen LogP contribution in [-0.2, 0) is 4.79 Å². The first-order valence-electron chi connectivity index (χ1n) is 9.50. The molecule has 0 bridgehead atoms. The second-order valence-corrected chi connectivity index (χ2v) is 7.09. The molecular weight excluding hydrogens is 370 g/mol. The first-order valence-corrected chi connectivity index (χ1v) is 9.50. The third-order valence-corrected chi connectivity index (χ3v) is 5.35. The molecule has 0 saturated carbocycles. The lowest BCUT2D eigenvalue weighted by Gasteiger charge is -2.25. The van der Waals surface area contributed by atoms with Gasteiger partial charge in [-0.25, -0.2) is 0 Å². The van der Waals surface area contributed by atoms with Crippen LogP contribution >= 0.6 is 0 Å². The molecule has 1 fully saturated rings. The Bertz CT molecular complexity index is 999. The monoisotopic (exact) mass is 393 g/mol. The molecule has 2 unspecified atom stereocenters. The maximum atomic E-state index is 12.7. The van der Waals surface area contributed by atoms with E-state index in [4.69, 9.17) is 14.0 Å². The standard InChI is InChI=1S/C22H23N3O4/c1-14(15-7-9-18(27-2)10-8-15)25-13-17(12-20(25)26)21-23-22(29-24-21)16-5-4-6-19(11-16)28-3/h4-11,14,17H,12-13H2,1-3H3. The summed E-state index contributed by atoms with van der Waals surface area (Å²) in [4.78, 5) is 19.1. The summed E-state index contributed by atoms with van der Waals surface area (Å²) in [6, 6.07) is 15.2. The van der Waals surface area contributed by atoms with Crippen LogP contribution in [0, 0.1) is 0 Å². The number of hydrogen-bond acceptors (Lipinski definition) is 6. The third kappa shape index (κ3) is 3.81. The highest BCUT2D eigenvalue weighted by atomic mass is 16.5. The van der Waals surface area contributed by atoms with Gasteiger partial charge in [-0.15, -0.1) is 0 Å². The molecule has 1 aliphatic rings. The van der Waals surface area contributed by atoms with Crippen LogP contribution in [0.1, 0.15) is 36.7 Å². The van der Waals surface area contributed by atoms with Crippen LogP contribution < -0.4 is 9.47 Å². The van der Waals surface area contributed by atoms with Crippen LogP contribution in [0.2, 0.25) is 0 Å². The number of methoxy groups -OCH3 is 2. The van der Waals surface area contributed by atoms with E-state index in [1.807, 2.05) is 60.4 Å². The number of ether oxygens (including phenoxy) is 2. The first kappa shape index (κ1) is 19.0. The lowest BCUT2D eigenvalue weighted by molar-refractivity contribution is -0.129. The summed E-state index contributed by atoms with van der Waals surface area (Å²) in [6.07, 6.45) is 0.373. The van der Waals surface area contributed by atoms with Crippen molar-refractivity contribution in [3.8, 4) is 23.0 Å². The van der Waals surface area contributed by atoms with Crippen LogP contribution in [-0.4, -0.2) is 41.7 Å². The van der Waals surface area contributed by atoms with Gasteiger partial charge >= 0.3 is 0 Å². The van der Waals surface area contributed by atoms with Crippen molar-refractivity contribution in [3.05, 3.63) is 59.9 Å². The van der Waals surface area contributed by atoms with Crippen molar-refractivity contribution in [3.63, 3.8) is 0 Å². The Hall–Kier alpha value is -3.35. The van der Waals surface area contributed by atoms with E-state index < -0.39 is 0 Å². The smallest absolute Gasteiger partial charge is 0.258 e. The molecule has 0 aliphatic carbocycles. The van der Waals surface area contributed by atoms with E-state index in [0.29, 0.717) is 24.7 Å². The number of benzene rings is 2. The van der Waals surface area contributed by atoms with Gasteiger partial charge < -0.3 is 18.9 Å². The molecule has 1 amide bonds. The number of amides is 1. The van der Waals surface area contributed by atoms with Crippen LogP contribution in [0.5, 0.6) is 11.5 Å². The average molecular weight is 393 g/mol. The number of carbonyl (C=O) groups excluding carboxylic acids is 1. The van der Waals surface area contributed by atoms with Crippen LogP contribution in [0.15, 0.2) is 53.1 Å². The lowest BCUT2D eigenvalue weighted by Crippen LogP contribution is -2.28. The van der Waals surface area contributed by atoms with E-state index in [1.54, 1.807) is 14.2 Å². The normalized spacial score (nSPS) is 17.4. The highest BCUT2D eigenvalue weighted by molar-refractivity contribution is 5.80. The molecule has 2 aromatic carbocycles. The van der Waals surface area contributed by atoms with E-state index in [2.05, 4.69) is 10.1 Å². The van der Waals surface area contributed by atoms with Gasteiger partial charge in [-0.05, 0) is 42.8 Å². The molecule has 7 nitrogen and oxygen atoms in total. The molecule has 29 heavy (non-hydrogen) atoms. The van der Waals surface area contributed by atoms with Gasteiger partial charge in [-0.2, -0.15) is 4.98 Å². The van der Waals surface area contributed by atoms with E-state index in [9.17, 15) is 4.79 Å². The minimum absolute atomic E-state index is 0.0387. The molecule has 0 spiro atoms. The molecule has 3 aromatic rings. The molecule has 0 radical (unpaired) electrons. The highest BCUT2D eigenvalue weighted by Crippen LogP contribution is 2.34. The zero-order valence-electron chi connectivity index (χ0n) is 16.7. The van der Waals surface area contributed by atoms with Gasteiger partial charge in [0.2, 0.25) is 5.91 Å². The van der Waals surface area contributed by atoms with Crippen molar-refractivity contribution < 1.29 is 18.8 Å². The number of carbonyl (C=O) groups is 1. The highest BCUT2D eigenvalue weighted by Gasteiger charge is 2.36. The number of likely N-dealkylation sites (tertiary alicyclic amines) is 1. The fraction of sp³-hybridized carbons (Fsp3) is 0.318. The maximum absolute atomic E-state index is 12.7. The van der Waals surface area contributed by atoms with Crippen LogP contribution in [0.4, 0.5) is 0 Å². The van der Waals surface area contributed by atoms with E-state index in [0.717, 1.165) is 22.6 Å². The quantitative estimate of drug-likeness (QED) is 0.633. The molecule has 7 heteroatoms. The molecule has 1 aliphatic heterocycles. The number of hydrogen-bond donors (Lipinski definition) is 0. The molecule has 1 aromatic heterocycles. The summed E-state index contributed by atoms with van der Waals surface area (Å²) < 4.78 is 15.9. The predicted octanol–water partition coefficient (Wildman–Crippen LogP) is 3.83. The van der Waals surface area contributed by atoms with Gasteiger partial charge in [0.1, 0.15) is 11.5 Å². The summed E-state index contributed by atoms with van der Waals surface area (Å²) in [7, 11) is 3.25. The zero-order chi connectivity index (χ0) is 20.4. The minimum Gasteiger partial charge on any atom is -0.497 e. The molecule has 1 saturated heterocycles. The summed E-state index contributed by atoms with van der Waals surface area (Å²) in [6.45, 7) is 2.59. The Morgan fingerprint density at radius 2 is 1.86 bits per heavy atom. The Morgan fingerprint density at radius 1 is 1.10 bits per heavy atom. The Morgan fingerprint density at radius 3 is 2.59 bits per heavy atom. The van der Waals surface area contributed by atoms with Crippen molar-refractivity contribution in [1.29, 1.82) is 0 Å². The fourth-order valence-electron chi connectivity index (χ4n) is 3.62. The summed E-state index contributed by atoms with van der Waals surface area (Å²) in [5.41, 5.74) is 1.85. The van der Waals surface area contributed by atoms with Crippen molar-refractivity contribution in [2.24, 2.45) is 0 Å². The summed E-state index contributed by atoms with van der Waals surface area (Å²) in [5, 5.41) is 4.13. The van der Waals surface area contributed by atoms with Gasteiger partial charge in [0.25, 0.3) is 5.89 Å². The van der Waals surface area contributed by atoms with Crippen molar-refractivity contribution in [2.45, 2.75) is 25.3 Å². The molecule has 2 heterocycles. The zero-order valence-corrected chi connectivity index (χ0v) is 16.7. The van der Waals surface area contributed by atoms with Gasteiger partial charge in [-0.3, -0.25) is 4.79 Å². The first-order chi connectivity index (χ1) is 14.1. The largest absolute Gasteiger partial charge is 0.497 e. The average Bonchev–Trinajstić information content (AvgIpc) is 3.40. The lowest BCUT2D eigenvalue weighted by atomic mass is 10.1. The second-order valence-electron chi connectivity index (χ2n) is 7.09. The molecule has 150 valence electrons. The van der Waals surface area contributed by atoms with Crippen LogP contribution in [0.25, 0.3) is 11.5 Å². The number of nitrogens with zero attached hydrogens (tertiary/aromatic N) is 3. The SMILES string of the molecule is COc1ccc(C(C)N2CC(c3noc(-c4cccc(OC)c4)n3)CC2=O)cc1. The summed E-state index contributed by atoms with van der Waals surface area (Å²) in [5.74, 6) is 2.49. The van der Waals surface area contributed by atoms with Crippen molar-refractivity contribution >= 4 is 5.91 Å². The molecule has 0 N–H and O–H groups in total. The summed E-state index contributed by atoms with van der Waals surface area (Å²) >= 11 is 0. The van der Waals surface area contributed by atoms with Crippen molar-refractivity contribution in [2.75, 3.05) is 20.8 Å². The Kier molecular flexibility index (Phi) is 5.20. The van der Waals surface area contributed by atoms with Gasteiger partial charge in [0.05, 0.1) is 20.3 Å². The molecular formula is C22H23N3O4. The Balaban J connectivity index is 1.49. The molecule has 4 rings (SSSR count). The van der Waals surface area contributed by atoms with Gasteiger partial charge in [-0.1, -0.05) is 23.4 Å². The molecule has 2 atom stereocenters. The van der Waals surface area contributed by atoms with Gasteiger partial charge in [0, 0.05) is 24.4 Å². The third-order valence-electron chi connectivity index (χ3n) is 5.35. The fourth-order valence-corrected chi connectivity index (χ4v) is 3.62. The number of aromatic nitrogens is 2. The van der Waals surface area contributed by atoms with E-state index >= 15 is 0 Å². The van der Waals surface area contributed by atoms with Crippen LogP contribution in [0.3, 0.4) is 0 Å². The van der Waals surface area contributed by atoms with E-state index in [1.165, 1.54) is 0 Å². The second kappa shape index (κ2) is 7.95. The van der Waals surface area contributed by atoms with E-state index in [-0.39, 0.29) is 17.9 Å². The predicted molar refractivity (Wildman–Crippen MR) is 107 cm³/mol. The topological polar surface area (TPSA) is 77.7 Å². The van der Waals surface area contributed by atoms with Gasteiger partial charge in [0.15, 0.2) is 5.82 Å². The maximum Gasteiger partial charge on any atom is 0.258 e. The minimum atomic E-state index is -0.0914.